The lowest BCUT2D eigenvalue weighted by atomic mass is 10.1. The molecule has 0 spiro atoms. The number of hydrogen-bond donors (Lipinski definition) is 2. The molecule has 1 aliphatic rings. The van der Waals surface area contributed by atoms with Gasteiger partial charge in [0.1, 0.15) is 11.3 Å². The number of nitrogens with one attached hydrogen (secondary N) is 1. The summed E-state index contributed by atoms with van der Waals surface area (Å²) in [5.74, 6) is -1.33. The van der Waals surface area contributed by atoms with Crippen LogP contribution in [0.15, 0.2) is 48.0 Å². The fourth-order valence-corrected chi connectivity index (χ4v) is 2.98. The van der Waals surface area contributed by atoms with Crippen LogP contribution >= 0.6 is 22.6 Å². The number of phenolic OH excluding ortho intramolecular Hbond substituents is 1. The number of benzene rings is 2. The number of carbonyl (C=O) groups excluding carboxylic acids is 3. The van der Waals surface area contributed by atoms with Crippen LogP contribution in [0.5, 0.6) is 5.75 Å². The minimum atomic E-state index is -0.780. The maximum absolute atomic E-state index is 12.7. The summed E-state index contributed by atoms with van der Waals surface area (Å²) >= 11 is 1.95. The summed E-state index contributed by atoms with van der Waals surface area (Å²) in [5, 5.41) is 11.8. The Morgan fingerprint density at radius 3 is 2.56 bits per heavy atom. The molecule has 0 atom stereocenters. The number of barbiturate groups is 1. The summed E-state index contributed by atoms with van der Waals surface area (Å²) in [6, 6.07) is 10.8. The van der Waals surface area contributed by atoms with Gasteiger partial charge in [0, 0.05) is 0 Å². The molecular formula is C18H13IN2O4. The van der Waals surface area contributed by atoms with E-state index in [-0.39, 0.29) is 11.3 Å². The van der Waals surface area contributed by atoms with Crippen molar-refractivity contribution in [2.45, 2.75) is 6.92 Å². The van der Waals surface area contributed by atoms with Crippen LogP contribution in [-0.2, 0) is 9.59 Å². The normalized spacial score (nSPS) is 16.3. The highest BCUT2D eigenvalue weighted by molar-refractivity contribution is 14.1. The molecule has 0 unspecified atom stereocenters. The SMILES string of the molecule is Cc1cccc(N2C(=O)NC(=O)/C(=C\c3ccc(O)c(I)c3)C2=O)c1. The summed E-state index contributed by atoms with van der Waals surface area (Å²) in [6.07, 6.45) is 1.40. The predicted octanol–water partition coefficient (Wildman–Crippen LogP) is 2.97. The number of phenols is 1. The van der Waals surface area contributed by atoms with E-state index >= 15 is 0 Å². The molecule has 4 amide bonds. The number of halogens is 1. The number of rotatable bonds is 2. The molecule has 0 bridgehead atoms. The molecule has 1 saturated heterocycles. The third-order valence-corrected chi connectivity index (χ3v) is 4.51. The van der Waals surface area contributed by atoms with Gasteiger partial charge in [0.05, 0.1) is 9.26 Å². The second-order valence-electron chi connectivity index (χ2n) is 5.51. The highest BCUT2D eigenvalue weighted by atomic mass is 127. The quantitative estimate of drug-likeness (QED) is 0.420. The molecule has 1 heterocycles. The molecule has 0 saturated carbocycles. The van der Waals surface area contributed by atoms with Crippen molar-refractivity contribution in [2.24, 2.45) is 0 Å². The van der Waals surface area contributed by atoms with E-state index in [1.165, 1.54) is 12.1 Å². The third kappa shape index (κ3) is 3.41. The maximum atomic E-state index is 12.7. The van der Waals surface area contributed by atoms with Crippen LogP contribution < -0.4 is 10.2 Å². The monoisotopic (exact) mass is 448 g/mol. The lowest BCUT2D eigenvalue weighted by Crippen LogP contribution is -2.54. The van der Waals surface area contributed by atoms with Crippen LogP contribution in [0, 0.1) is 10.5 Å². The van der Waals surface area contributed by atoms with Crippen LogP contribution in [0.3, 0.4) is 0 Å². The Labute approximate surface area is 157 Å². The molecule has 1 aliphatic heterocycles. The van der Waals surface area contributed by atoms with Gasteiger partial charge in [-0.3, -0.25) is 14.9 Å². The van der Waals surface area contributed by atoms with Crippen molar-refractivity contribution in [2.75, 3.05) is 4.90 Å². The van der Waals surface area contributed by atoms with Crippen LogP contribution in [0.2, 0.25) is 0 Å². The number of anilines is 1. The Hall–Kier alpha value is -2.68. The molecule has 6 nitrogen and oxygen atoms in total. The first-order valence-corrected chi connectivity index (χ1v) is 8.41. The molecule has 3 rings (SSSR count). The number of aryl methyl sites for hydroxylation is 1. The van der Waals surface area contributed by atoms with E-state index in [2.05, 4.69) is 5.32 Å². The van der Waals surface area contributed by atoms with Gasteiger partial charge in [0.2, 0.25) is 0 Å². The van der Waals surface area contributed by atoms with E-state index in [4.69, 9.17) is 0 Å². The standard InChI is InChI=1S/C18H13IN2O4/c1-10-3-2-4-12(7-10)21-17(24)13(16(23)20-18(21)25)8-11-5-6-15(22)14(19)9-11/h2-9,22H,1H3,(H,20,23,25)/b13-8+. The lowest BCUT2D eigenvalue weighted by Gasteiger charge is -2.26. The zero-order valence-corrected chi connectivity index (χ0v) is 15.3. The van der Waals surface area contributed by atoms with Crippen molar-refractivity contribution >= 4 is 52.2 Å². The van der Waals surface area contributed by atoms with E-state index in [1.807, 2.05) is 35.6 Å². The van der Waals surface area contributed by atoms with Crippen molar-refractivity contribution in [3.63, 3.8) is 0 Å². The Morgan fingerprint density at radius 1 is 1.12 bits per heavy atom. The Kier molecular flexibility index (Phi) is 4.58. The third-order valence-electron chi connectivity index (χ3n) is 3.64. The van der Waals surface area contributed by atoms with Gasteiger partial charge in [-0.05, 0) is 71.0 Å². The zero-order valence-electron chi connectivity index (χ0n) is 13.1. The second kappa shape index (κ2) is 6.67. The second-order valence-corrected chi connectivity index (χ2v) is 6.67. The average molecular weight is 448 g/mol. The van der Waals surface area contributed by atoms with Gasteiger partial charge in [-0.15, -0.1) is 0 Å². The van der Waals surface area contributed by atoms with Crippen molar-refractivity contribution < 1.29 is 19.5 Å². The van der Waals surface area contributed by atoms with Crippen LogP contribution in [-0.4, -0.2) is 23.0 Å². The summed E-state index contributed by atoms with van der Waals surface area (Å²) in [7, 11) is 0. The molecule has 1 fully saturated rings. The minimum Gasteiger partial charge on any atom is -0.507 e. The van der Waals surface area contributed by atoms with Gasteiger partial charge in [0.25, 0.3) is 11.8 Å². The van der Waals surface area contributed by atoms with Crippen LogP contribution in [0.4, 0.5) is 10.5 Å². The first-order valence-electron chi connectivity index (χ1n) is 7.33. The first kappa shape index (κ1) is 17.2. The molecule has 126 valence electrons. The molecule has 0 radical (unpaired) electrons. The molecule has 0 aliphatic carbocycles. The number of amides is 4. The van der Waals surface area contributed by atoms with Gasteiger partial charge in [-0.1, -0.05) is 18.2 Å². The van der Waals surface area contributed by atoms with Gasteiger partial charge in [-0.25, -0.2) is 9.69 Å². The van der Waals surface area contributed by atoms with Crippen molar-refractivity contribution in [1.82, 2.24) is 5.32 Å². The Bertz CT molecular complexity index is 936. The number of hydrogen-bond acceptors (Lipinski definition) is 4. The molecule has 2 N–H and O–H groups in total. The largest absolute Gasteiger partial charge is 0.507 e. The Balaban J connectivity index is 2.03. The van der Waals surface area contributed by atoms with Crippen LogP contribution in [0.1, 0.15) is 11.1 Å². The number of carbonyl (C=O) groups is 3. The van der Waals surface area contributed by atoms with E-state index in [9.17, 15) is 19.5 Å². The minimum absolute atomic E-state index is 0.110. The maximum Gasteiger partial charge on any atom is 0.335 e. The summed E-state index contributed by atoms with van der Waals surface area (Å²) in [4.78, 5) is 37.9. The molecule has 7 heteroatoms. The predicted molar refractivity (Wildman–Crippen MR) is 101 cm³/mol. The number of aromatic hydroxyl groups is 1. The molecule has 25 heavy (non-hydrogen) atoms. The zero-order chi connectivity index (χ0) is 18.1. The lowest BCUT2D eigenvalue weighted by molar-refractivity contribution is -0.122. The number of imide groups is 2. The van der Waals surface area contributed by atoms with E-state index in [0.29, 0.717) is 14.8 Å². The topological polar surface area (TPSA) is 86.7 Å². The first-order chi connectivity index (χ1) is 11.9. The fraction of sp³-hybridized carbons (Fsp3) is 0.0556. The van der Waals surface area contributed by atoms with Gasteiger partial charge >= 0.3 is 6.03 Å². The number of urea groups is 1. The number of nitrogens with zero attached hydrogens (tertiary/aromatic N) is 1. The smallest absolute Gasteiger partial charge is 0.335 e. The van der Waals surface area contributed by atoms with E-state index in [1.54, 1.807) is 30.3 Å². The fourth-order valence-electron chi connectivity index (χ4n) is 2.44. The van der Waals surface area contributed by atoms with Crippen molar-refractivity contribution in [3.05, 3.63) is 62.7 Å². The molecular weight excluding hydrogens is 435 g/mol. The van der Waals surface area contributed by atoms with Gasteiger partial charge < -0.3 is 5.11 Å². The highest BCUT2D eigenvalue weighted by Gasteiger charge is 2.36. The van der Waals surface area contributed by atoms with E-state index in [0.717, 1.165) is 10.5 Å². The van der Waals surface area contributed by atoms with Gasteiger partial charge in [0.15, 0.2) is 0 Å². The summed E-state index contributed by atoms with van der Waals surface area (Å²) < 4.78 is 0.585. The van der Waals surface area contributed by atoms with Crippen LogP contribution in [0.25, 0.3) is 6.08 Å². The van der Waals surface area contributed by atoms with Gasteiger partial charge in [-0.2, -0.15) is 0 Å². The summed E-state index contributed by atoms with van der Waals surface area (Å²) in [6.45, 7) is 1.84. The Morgan fingerprint density at radius 2 is 1.88 bits per heavy atom. The van der Waals surface area contributed by atoms with Crippen molar-refractivity contribution in [3.8, 4) is 5.75 Å². The highest BCUT2D eigenvalue weighted by Crippen LogP contribution is 2.25. The van der Waals surface area contributed by atoms with Crippen molar-refractivity contribution in [1.29, 1.82) is 0 Å². The van der Waals surface area contributed by atoms with E-state index < -0.39 is 17.8 Å². The molecule has 0 aromatic heterocycles. The molecule has 2 aromatic rings. The summed E-state index contributed by atoms with van der Waals surface area (Å²) in [5.41, 5.74) is 1.69. The molecule has 2 aromatic carbocycles. The average Bonchev–Trinajstić information content (AvgIpc) is 2.54.